The minimum absolute atomic E-state index is 0.0679. The zero-order chi connectivity index (χ0) is 17.6. The fraction of sp³-hybridized carbons (Fsp3) is 0.125. The average molecular weight is 372 g/mol. The molecule has 126 valence electrons. The molecule has 0 unspecified atom stereocenters. The molecule has 0 amide bonds. The maximum atomic E-state index is 13.3. The maximum absolute atomic E-state index is 13.3. The van der Waals surface area contributed by atoms with E-state index in [9.17, 15) is 17.2 Å². The summed E-state index contributed by atoms with van der Waals surface area (Å²) in [6.45, 7) is -0.300. The van der Waals surface area contributed by atoms with Gasteiger partial charge in [-0.2, -0.15) is 4.72 Å². The first-order valence-corrected chi connectivity index (χ1v) is 8.53. The van der Waals surface area contributed by atoms with Crippen LogP contribution in [0.1, 0.15) is 0 Å². The summed E-state index contributed by atoms with van der Waals surface area (Å²) in [4.78, 5) is 0.0679. The first-order chi connectivity index (χ1) is 11.4. The van der Waals surface area contributed by atoms with Crippen molar-refractivity contribution in [2.45, 2.75) is 4.90 Å². The summed E-state index contributed by atoms with van der Waals surface area (Å²) in [5.74, 6) is 3.39. The van der Waals surface area contributed by atoms with Crippen LogP contribution in [0.15, 0.2) is 47.4 Å². The topological polar surface area (TPSA) is 55.4 Å². The second-order valence-corrected chi connectivity index (χ2v) is 6.70. The van der Waals surface area contributed by atoms with Crippen LogP contribution < -0.4 is 9.46 Å². The van der Waals surface area contributed by atoms with Crippen LogP contribution in [-0.4, -0.2) is 21.6 Å². The number of ether oxygens (including phenoxy) is 1. The molecule has 8 heteroatoms. The molecule has 0 spiro atoms. The van der Waals surface area contributed by atoms with Crippen molar-refractivity contribution in [2.75, 3.05) is 13.2 Å². The molecular weight excluding hydrogens is 360 g/mol. The van der Waals surface area contributed by atoms with Gasteiger partial charge in [0.25, 0.3) is 0 Å². The molecule has 0 radical (unpaired) electrons. The number of sulfonamides is 1. The Morgan fingerprint density at radius 2 is 1.79 bits per heavy atom. The lowest BCUT2D eigenvalue weighted by molar-refractivity contribution is 0.346. The van der Waals surface area contributed by atoms with Gasteiger partial charge in [-0.15, -0.1) is 0 Å². The molecule has 1 N–H and O–H groups in total. The lowest BCUT2D eigenvalue weighted by Gasteiger charge is -2.04. The summed E-state index contributed by atoms with van der Waals surface area (Å²) in [5, 5.41) is 0.430. The molecule has 2 rings (SSSR count). The van der Waals surface area contributed by atoms with E-state index in [-0.39, 0.29) is 23.8 Å². The molecule has 2 aromatic carbocycles. The molecule has 0 aliphatic rings. The van der Waals surface area contributed by atoms with E-state index in [0.29, 0.717) is 11.1 Å². The van der Waals surface area contributed by atoms with Crippen molar-refractivity contribution in [1.29, 1.82) is 0 Å². The van der Waals surface area contributed by atoms with Crippen molar-refractivity contribution in [1.82, 2.24) is 4.72 Å². The monoisotopic (exact) mass is 371 g/mol. The molecule has 2 aromatic rings. The highest BCUT2D eigenvalue weighted by Crippen LogP contribution is 2.17. The minimum Gasteiger partial charge on any atom is -0.478 e. The van der Waals surface area contributed by atoms with Crippen molar-refractivity contribution in [3.05, 3.63) is 59.1 Å². The van der Waals surface area contributed by atoms with E-state index in [1.807, 2.05) is 0 Å². The Hall–Kier alpha value is -2.14. The molecule has 0 heterocycles. The second-order valence-electron chi connectivity index (χ2n) is 4.50. The van der Waals surface area contributed by atoms with Gasteiger partial charge in [-0.1, -0.05) is 23.4 Å². The lowest BCUT2D eigenvalue weighted by atomic mass is 10.3. The third-order valence-corrected chi connectivity index (χ3v) is 4.46. The summed E-state index contributed by atoms with van der Waals surface area (Å²) in [6.07, 6.45) is 0. The fourth-order valence-electron chi connectivity index (χ4n) is 1.65. The molecule has 0 aromatic heterocycles. The maximum Gasteiger partial charge on any atom is 0.241 e. The van der Waals surface area contributed by atoms with Gasteiger partial charge in [-0.25, -0.2) is 17.2 Å². The first kappa shape index (κ1) is 18.2. The molecule has 0 aliphatic heterocycles. The predicted molar refractivity (Wildman–Crippen MR) is 86.3 cm³/mol. The number of hydrogen-bond acceptors (Lipinski definition) is 3. The van der Waals surface area contributed by atoms with Crippen LogP contribution in [0.2, 0.25) is 5.02 Å². The molecule has 0 fully saturated rings. The Bertz CT molecular complexity index is 874. The van der Waals surface area contributed by atoms with E-state index in [1.54, 1.807) is 0 Å². The first-order valence-electron chi connectivity index (χ1n) is 6.67. The summed E-state index contributed by atoms with van der Waals surface area (Å²) in [7, 11) is -3.68. The molecule has 0 aliphatic carbocycles. The van der Waals surface area contributed by atoms with Crippen molar-refractivity contribution >= 4 is 21.6 Å². The van der Waals surface area contributed by atoms with Crippen molar-refractivity contribution in [3.8, 4) is 17.6 Å². The minimum atomic E-state index is -3.68. The van der Waals surface area contributed by atoms with Gasteiger partial charge >= 0.3 is 0 Å². The van der Waals surface area contributed by atoms with Gasteiger partial charge in [0.2, 0.25) is 10.0 Å². The highest BCUT2D eigenvalue weighted by atomic mass is 35.5. The Balaban J connectivity index is 1.84. The van der Waals surface area contributed by atoms with Crippen molar-refractivity contribution < 1.29 is 21.9 Å². The highest BCUT2D eigenvalue weighted by molar-refractivity contribution is 7.89. The molecule has 0 saturated carbocycles. The SMILES string of the molecule is O=S(=O)(NCC#CCOc1ccc(F)cc1F)c1ccc(Cl)cc1. The Morgan fingerprint density at radius 3 is 2.46 bits per heavy atom. The second kappa shape index (κ2) is 8.11. The van der Waals surface area contributed by atoms with E-state index >= 15 is 0 Å². The number of nitrogens with one attached hydrogen (secondary N) is 1. The Labute approximate surface area is 143 Å². The summed E-state index contributed by atoms with van der Waals surface area (Å²) >= 11 is 5.69. The zero-order valence-corrected chi connectivity index (χ0v) is 13.8. The van der Waals surface area contributed by atoms with Gasteiger partial charge in [0.05, 0.1) is 11.4 Å². The molecule has 24 heavy (non-hydrogen) atoms. The average Bonchev–Trinajstić information content (AvgIpc) is 2.53. The lowest BCUT2D eigenvalue weighted by Crippen LogP contribution is -2.24. The van der Waals surface area contributed by atoms with Gasteiger partial charge < -0.3 is 4.74 Å². The Kier molecular flexibility index (Phi) is 6.15. The van der Waals surface area contributed by atoms with Gasteiger partial charge in [0.15, 0.2) is 11.6 Å². The molecule has 4 nitrogen and oxygen atoms in total. The Morgan fingerprint density at radius 1 is 1.08 bits per heavy atom. The standard InChI is InChI=1S/C16H12ClF2NO3S/c17-12-3-6-14(7-4-12)24(21,22)20-9-1-2-10-23-16-8-5-13(18)11-15(16)19/h3-8,11,20H,9-10H2. The number of benzene rings is 2. The normalized spacial score (nSPS) is 10.8. The van der Waals surface area contributed by atoms with Crippen LogP contribution in [0.25, 0.3) is 0 Å². The third kappa shape index (κ3) is 5.20. The van der Waals surface area contributed by atoms with Crippen molar-refractivity contribution in [3.63, 3.8) is 0 Å². The van der Waals surface area contributed by atoms with Crippen LogP contribution in [0.5, 0.6) is 5.75 Å². The summed E-state index contributed by atoms with van der Waals surface area (Å²) < 4.78 is 57.2. The highest BCUT2D eigenvalue weighted by Gasteiger charge is 2.11. The summed E-state index contributed by atoms with van der Waals surface area (Å²) in [6, 6.07) is 8.58. The summed E-state index contributed by atoms with van der Waals surface area (Å²) in [5.41, 5.74) is 0. The molecule has 0 atom stereocenters. The van der Waals surface area contributed by atoms with E-state index in [0.717, 1.165) is 12.1 Å². The van der Waals surface area contributed by atoms with E-state index in [4.69, 9.17) is 16.3 Å². The van der Waals surface area contributed by atoms with Crippen molar-refractivity contribution in [2.24, 2.45) is 0 Å². The van der Waals surface area contributed by atoms with E-state index < -0.39 is 21.7 Å². The predicted octanol–water partition coefficient (Wildman–Crippen LogP) is 2.98. The van der Waals surface area contributed by atoms with Crippen LogP contribution in [0.4, 0.5) is 8.78 Å². The smallest absolute Gasteiger partial charge is 0.241 e. The number of halogens is 3. The van der Waals surface area contributed by atoms with Crippen LogP contribution >= 0.6 is 11.6 Å². The van der Waals surface area contributed by atoms with Gasteiger partial charge in [-0.05, 0) is 36.4 Å². The number of rotatable bonds is 5. The fourth-order valence-corrected chi connectivity index (χ4v) is 2.70. The van der Waals surface area contributed by atoms with Crippen LogP contribution in [0.3, 0.4) is 0 Å². The third-order valence-electron chi connectivity index (χ3n) is 2.79. The quantitative estimate of drug-likeness (QED) is 0.822. The molecule has 0 saturated heterocycles. The van der Waals surface area contributed by atoms with Gasteiger partial charge in [0.1, 0.15) is 12.4 Å². The zero-order valence-electron chi connectivity index (χ0n) is 12.2. The number of hydrogen-bond donors (Lipinski definition) is 1. The van der Waals surface area contributed by atoms with Crippen LogP contribution in [-0.2, 0) is 10.0 Å². The molecule has 0 bridgehead atoms. The molecular formula is C16H12ClF2NO3S. The van der Waals surface area contributed by atoms with Gasteiger partial charge in [0, 0.05) is 11.1 Å². The van der Waals surface area contributed by atoms with Crippen LogP contribution in [0, 0.1) is 23.5 Å². The van der Waals surface area contributed by atoms with E-state index in [1.165, 1.54) is 24.3 Å². The largest absolute Gasteiger partial charge is 0.478 e. The van der Waals surface area contributed by atoms with E-state index in [2.05, 4.69) is 16.6 Å². The van der Waals surface area contributed by atoms with Gasteiger partial charge in [-0.3, -0.25) is 0 Å².